The van der Waals surface area contributed by atoms with Crippen molar-refractivity contribution >= 4 is 5.91 Å². The van der Waals surface area contributed by atoms with E-state index in [-0.39, 0.29) is 12.0 Å². The Morgan fingerprint density at radius 2 is 2.12 bits per heavy atom. The lowest BCUT2D eigenvalue weighted by Crippen LogP contribution is -2.23. The summed E-state index contributed by atoms with van der Waals surface area (Å²) in [5.74, 6) is 0.694. The molecular formula is C14H19NO2. The summed E-state index contributed by atoms with van der Waals surface area (Å²) in [6.07, 6.45) is 2.80. The number of carbonyl (C=O) groups excluding carboxylic acids is 1. The van der Waals surface area contributed by atoms with Crippen LogP contribution in [0.25, 0.3) is 0 Å². The minimum absolute atomic E-state index is 0.0972. The highest BCUT2D eigenvalue weighted by atomic mass is 16.5. The maximum atomic E-state index is 11.6. The maximum Gasteiger partial charge on any atom is 0.251 e. The fraction of sp³-hybridized carbons (Fsp3) is 0.357. The number of rotatable bonds is 6. The van der Waals surface area contributed by atoms with Crippen LogP contribution in [0.1, 0.15) is 30.6 Å². The van der Waals surface area contributed by atoms with E-state index in [1.807, 2.05) is 19.1 Å². The van der Waals surface area contributed by atoms with Crippen LogP contribution in [-0.4, -0.2) is 18.6 Å². The van der Waals surface area contributed by atoms with Crippen molar-refractivity contribution in [2.75, 3.05) is 6.54 Å². The molecule has 0 aromatic heterocycles. The summed E-state index contributed by atoms with van der Waals surface area (Å²) in [4.78, 5) is 11.6. The number of hydrogen-bond acceptors (Lipinski definition) is 2. The molecule has 0 heterocycles. The SMILES string of the molecule is C=CCNC(=O)c1ccc(OC(C)CC)cc1. The minimum atomic E-state index is -0.0972. The number of hydrogen-bond donors (Lipinski definition) is 1. The van der Waals surface area contributed by atoms with Gasteiger partial charge in [-0.05, 0) is 37.6 Å². The molecule has 0 radical (unpaired) electrons. The lowest BCUT2D eigenvalue weighted by Gasteiger charge is -2.12. The average molecular weight is 233 g/mol. The molecule has 0 saturated heterocycles. The molecule has 3 heteroatoms. The Labute approximate surface area is 102 Å². The van der Waals surface area contributed by atoms with Crippen molar-refractivity contribution in [2.24, 2.45) is 0 Å². The Bertz CT molecular complexity index is 370. The first-order chi connectivity index (χ1) is 8.17. The van der Waals surface area contributed by atoms with Crippen LogP contribution in [0, 0.1) is 0 Å². The highest BCUT2D eigenvalue weighted by Gasteiger charge is 2.05. The van der Waals surface area contributed by atoms with E-state index in [1.54, 1.807) is 18.2 Å². The van der Waals surface area contributed by atoms with Crippen LogP contribution in [0.3, 0.4) is 0 Å². The molecule has 92 valence electrons. The topological polar surface area (TPSA) is 38.3 Å². The van der Waals surface area contributed by atoms with Crippen molar-refractivity contribution in [3.05, 3.63) is 42.5 Å². The van der Waals surface area contributed by atoms with E-state index in [0.717, 1.165) is 12.2 Å². The first-order valence-electron chi connectivity index (χ1n) is 5.83. The number of ether oxygens (including phenoxy) is 1. The molecule has 1 aromatic carbocycles. The zero-order valence-electron chi connectivity index (χ0n) is 10.4. The van der Waals surface area contributed by atoms with Gasteiger partial charge in [-0.1, -0.05) is 13.0 Å². The van der Waals surface area contributed by atoms with E-state index in [1.165, 1.54) is 0 Å². The van der Waals surface area contributed by atoms with E-state index in [9.17, 15) is 4.79 Å². The van der Waals surface area contributed by atoms with Gasteiger partial charge >= 0.3 is 0 Å². The molecule has 1 rings (SSSR count). The molecule has 1 unspecified atom stereocenters. The van der Waals surface area contributed by atoms with E-state index >= 15 is 0 Å². The minimum Gasteiger partial charge on any atom is -0.491 e. The predicted octanol–water partition coefficient (Wildman–Crippen LogP) is 2.78. The number of nitrogens with one attached hydrogen (secondary N) is 1. The molecule has 1 N–H and O–H groups in total. The van der Waals surface area contributed by atoms with Crippen molar-refractivity contribution < 1.29 is 9.53 Å². The molecule has 17 heavy (non-hydrogen) atoms. The third kappa shape index (κ3) is 4.31. The van der Waals surface area contributed by atoms with Crippen LogP contribution in [0.15, 0.2) is 36.9 Å². The standard InChI is InChI=1S/C14H19NO2/c1-4-10-15-14(16)12-6-8-13(9-7-12)17-11(3)5-2/h4,6-9,11H,1,5,10H2,2-3H3,(H,15,16). The van der Waals surface area contributed by atoms with Crippen LogP contribution < -0.4 is 10.1 Å². The smallest absolute Gasteiger partial charge is 0.251 e. The lowest BCUT2D eigenvalue weighted by molar-refractivity contribution is 0.0958. The lowest BCUT2D eigenvalue weighted by atomic mass is 10.2. The highest BCUT2D eigenvalue weighted by molar-refractivity contribution is 5.94. The second-order valence-corrected chi connectivity index (χ2v) is 3.86. The number of benzene rings is 1. The largest absolute Gasteiger partial charge is 0.491 e. The van der Waals surface area contributed by atoms with Gasteiger partial charge < -0.3 is 10.1 Å². The molecule has 0 fully saturated rings. The molecule has 0 aliphatic carbocycles. The van der Waals surface area contributed by atoms with E-state index in [4.69, 9.17) is 4.74 Å². The van der Waals surface area contributed by atoms with E-state index in [0.29, 0.717) is 12.1 Å². The van der Waals surface area contributed by atoms with Crippen molar-refractivity contribution in [1.29, 1.82) is 0 Å². The monoisotopic (exact) mass is 233 g/mol. The van der Waals surface area contributed by atoms with Gasteiger partial charge in [0.2, 0.25) is 0 Å². The summed E-state index contributed by atoms with van der Waals surface area (Å²) in [7, 11) is 0. The van der Waals surface area contributed by atoms with Gasteiger partial charge in [0.25, 0.3) is 5.91 Å². The van der Waals surface area contributed by atoms with Crippen molar-refractivity contribution in [1.82, 2.24) is 5.32 Å². The molecule has 3 nitrogen and oxygen atoms in total. The zero-order valence-corrected chi connectivity index (χ0v) is 10.4. The molecule has 0 aliphatic rings. The summed E-state index contributed by atoms with van der Waals surface area (Å²) in [6.45, 7) is 8.11. The normalized spacial score (nSPS) is 11.6. The molecular weight excluding hydrogens is 214 g/mol. The van der Waals surface area contributed by atoms with Crippen molar-refractivity contribution in [3.8, 4) is 5.75 Å². The average Bonchev–Trinajstić information content (AvgIpc) is 2.36. The van der Waals surface area contributed by atoms with Gasteiger partial charge in [-0.2, -0.15) is 0 Å². The van der Waals surface area contributed by atoms with Gasteiger partial charge in [0.15, 0.2) is 0 Å². The summed E-state index contributed by atoms with van der Waals surface area (Å²) in [5, 5.41) is 2.72. The van der Waals surface area contributed by atoms with Crippen LogP contribution in [0.2, 0.25) is 0 Å². The summed E-state index contributed by atoms with van der Waals surface area (Å²) < 4.78 is 5.63. The molecule has 1 amide bonds. The number of carbonyl (C=O) groups is 1. The fourth-order valence-electron chi connectivity index (χ4n) is 1.27. The second kappa shape index (κ2) is 6.74. The Morgan fingerprint density at radius 1 is 1.47 bits per heavy atom. The Balaban J connectivity index is 2.61. The third-order valence-electron chi connectivity index (χ3n) is 2.44. The molecule has 1 atom stereocenters. The zero-order chi connectivity index (χ0) is 12.7. The Hall–Kier alpha value is -1.77. The van der Waals surface area contributed by atoms with Gasteiger partial charge in [0, 0.05) is 12.1 Å². The third-order valence-corrected chi connectivity index (χ3v) is 2.44. The van der Waals surface area contributed by atoms with Crippen molar-refractivity contribution in [3.63, 3.8) is 0 Å². The molecule has 0 aliphatic heterocycles. The van der Waals surface area contributed by atoms with E-state index in [2.05, 4.69) is 18.8 Å². The quantitative estimate of drug-likeness (QED) is 0.767. The highest BCUT2D eigenvalue weighted by Crippen LogP contribution is 2.14. The number of amides is 1. The summed E-state index contributed by atoms with van der Waals surface area (Å²) >= 11 is 0. The summed E-state index contributed by atoms with van der Waals surface area (Å²) in [6, 6.07) is 7.15. The first-order valence-corrected chi connectivity index (χ1v) is 5.83. The van der Waals surface area contributed by atoms with Crippen LogP contribution >= 0.6 is 0 Å². The fourth-order valence-corrected chi connectivity index (χ4v) is 1.27. The maximum absolute atomic E-state index is 11.6. The first kappa shape index (κ1) is 13.3. The van der Waals surface area contributed by atoms with Crippen LogP contribution in [0.4, 0.5) is 0 Å². The van der Waals surface area contributed by atoms with Gasteiger partial charge in [-0.15, -0.1) is 6.58 Å². The summed E-state index contributed by atoms with van der Waals surface area (Å²) in [5.41, 5.74) is 0.628. The van der Waals surface area contributed by atoms with Gasteiger partial charge in [-0.3, -0.25) is 4.79 Å². The van der Waals surface area contributed by atoms with Gasteiger partial charge in [0.1, 0.15) is 5.75 Å². The molecule has 0 spiro atoms. The Morgan fingerprint density at radius 3 is 2.65 bits per heavy atom. The molecule has 0 saturated carbocycles. The van der Waals surface area contributed by atoms with Gasteiger partial charge in [-0.25, -0.2) is 0 Å². The Kier molecular flexibility index (Phi) is 5.27. The molecule has 1 aromatic rings. The van der Waals surface area contributed by atoms with Crippen LogP contribution in [-0.2, 0) is 0 Å². The van der Waals surface area contributed by atoms with Crippen molar-refractivity contribution in [2.45, 2.75) is 26.4 Å². The van der Waals surface area contributed by atoms with Gasteiger partial charge in [0.05, 0.1) is 6.10 Å². The van der Waals surface area contributed by atoms with E-state index < -0.39 is 0 Å². The second-order valence-electron chi connectivity index (χ2n) is 3.86. The predicted molar refractivity (Wildman–Crippen MR) is 69.4 cm³/mol. The van der Waals surface area contributed by atoms with Crippen LogP contribution in [0.5, 0.6) is 5.75 Å². The molecule has 0 bridgehead atoms.